The lowest BCUT2D eigenvalue weighted by Crippen LogP contribution is -2.31. The summed E-state index contributed by atoms with van der Waals surface area (Å²) in [6.07, 6.45) is 1.97. The van der Waals surface area contributed by atoms with Crippen molar-refractivity contribution in [2.75, 3.05) is 13.1 Å². The van der Waals surface area contributed by atoms with E-state index in [2.05, 4.69) is 6.92 Å². The molecule has 0 aliphatic heterocycles. The molecule has 0 aliphatic rings. The molecule has 1 rings (SSSR count). The molecule has 0 unspecified atom stereocenters. The van der Waals surface area contributed by atoms with Gasteiger partial charge in [-0.2, -0.15) is 0 Å². The molecule has 0 bridgehead atoms. The molecule has 0 saturated carbocycles. The van der Waals surface area contributed by atoms with Crippen molar-refractivity contribution in [2.45, 2.75) is 26.7 Å². The number of carbonyl (C=O) groups is 1. The third kappa shape index (κ3) is 3.52. The summed E-state index contributed by atoms with van der Waals surface area (Å²) in [5.41, 5.74) is 0. The van der Waals surface area contributed by atoms with Crippen molar-refractivity contribution in [3.05, 3.63) is 27.1 Å². The van der Waals surface area contributed by atoms with E-state index in [-0.39, 0.29) is 10.9 Å². The van der Waals surface area contributed by atoms with Crippen LogP contribution in [0.3, 0.4) is 0 Å². The Morgan fingerprint density at radius 1 is 1.47 bits per heavy atom. The Bertz CT molecular complexity index is 403. The van der Waals surface area contributed by atoms with Crippen molar-refractivity contribution < 1.29 is 9.72 Å². The normalized spacial score (nSPS) is 10.2. The van der Waals surface area contributed by atoms with Crippen molar-refractivity contribution >= 4 is 22.2 Å². The van der Waals surface area contributed by atoms with Crippen LogP contribution in [0.15, 0.2) is 12.1 Å². The van der Waals surface area contributed by atoms with E-state index < -0.39 is 4.92 Å². The summed E-state index contributed by atoms with van der Waals surface area (Å²) >= 11 is 0.936. The smallest absolute Gasteiger partial charge is 0.324 e. The second-order valence-corrected chi connectivity index (χ2v) is 4.70. The number of nitro groups is 1. The van der Waals surface area contributed by atoms with Crippen LogP contribution in [0.25, 0.3) is 0 Å². The average Bonchev–Trinajstić information content (AvgIpc) is 2.79. The molecule has 17 heavy (non-hydrogen) atoms. The molecule has 1 aromatic rings. The fourth-order valence-corrected chi connectivity index (χ4v) is 2.24. The van der Waals surface area contributed by atoms with Crippen LogP contribution in [0.1, 0.15) is 36.4 Å². The maximum atomic E-state index is 12.0. The summed E-state index contributed by atoms with van der Waals surface area (Å²) in [6, 6.07) is 2.91. The lowest BCUT2D eigenvalue weighted by Gasteiger charge is -2.19. The zero-order valence-corrected chi connectivity index (χ0v) is 10.8. The predicted molar refractivity (Wildman–Crippen MR) is 67.5 cm³/mol. The minimum atomic E-state index is -0.468. The first-order valence-electron chi connectivity index (χ1n) is 5.63. The Labute approximate surface area is 104 Å². The van der Waals surface area contributed by atoms with Gasteiger partial charge >= 0.3 is 5.00 Å². The van der Waals surface area contributed by atoms with Gasteiger partial charge in [-0.1, -0.05) is 24.7 Å². The standard InChI is InChI=1S/C11H16N2O3S/c1-3-5-8-12(4-2)11(14)9-6-7-10(17-9)13(15)16/h6-7H,3-5,8H2,1-2H3. The van der Waals surface area contributed by atoms with E-state index in [0.717, 1.165) is 24.2 Å². The third-order valence-electron chi connectivity index (χ3n) is 2.43. The molecule has 5 nitrogen and oxygen atoms in total. The summed E-state index contributed by atoms with van der Waals surface area (Å²) in [6.45, 7) is 5.31. The number of thiophene rings is 1. The largest absolute Gasteiger partial charge is 0.338 e. The molecule has 0 fully saturated rings. The maximum absolute atomic E-state index is 12.0. The Balaban J connectivity index is 2.75. The van der Waals surface area contributed by atoms with E-state index >= 15 is 0 Å². The van der Waals surface area contributed by atoms with Crippen LogP contribution in [0, 0.1) is 10.1 Å². The van der Waals surface area contributed by atoms with Crippen molar-refractivity contribution in [3.63, 3.8) is 0 Å². The number of hydrogen-bond donors (Lipinski definition) is 0. The monoisotopic (exact) mass is 256 g/mol. The average molecular weight is 256 g/mol. The van der Waals surface area contributed by atoms with Crippen LogP contribution in [0.4, 0.5) is 5.00 Å². The molecule has 1 amide bonds. The molecule has 0 aromatic carbocycles. The van der Waals surface area contributed by atoms with Gasteiger partial charge in [-0.15, -0.1) is 0 Å². The zero-order valence-electron chi connectivity index (χ0n) is 10.0. The first-order valence-corrected chi connectivity index (χ1v) is 6.45. The molecule has 0 saturated heterocycles. The second-order valence-electron chi connectivity index (χ2n) is 3.63. The number of carbonyl (C=O) groups excluding carboxylic acids is 1. The van der Waals surface area contributed by atoms with Crippen LogP contribution >= 0.6 is 11.3 Å². The Morgan fingerprint density at radius 2 is 2.18 bits per heavy atom. The van der Waals surface area contributed by atoms with E-state index in [4.69, 9.17) is 0 Å². The van der Waals surface area contributed by atoms with Gasteiger partial charge in [0.05, 0.1) is 9.80 Å². The topological polar surface area (TPSA) is 63.5 Å². The fourth-order valence-electron chi connectivity index (χ4n) is 1.45. The summed E-state index contributed by atoms with van der Waals surface area (Å²) < 4.78 is 0. The first-order chi connectivity index (χ1) is 8.10. The molecule has 0 N–H and O–H groups in total. The van der Waals surface area contributed by atoms with Crippen molar-refractivity contribution in [3.8, 4) is 0 Å². The van der Waals surface area contributed by atoms with Crippen molar-refractivity contribution in [1.29, 1.82) is 0 Å². The molecule has 94 valence electrons. The van der Waals surface area contributed by atoms with Crippen molar-refractivity contribution in [2.24, 2.45) is 0 Å². The van der Waals surface area contributed by atoms with Gasteiger partial charge in [0.25, 0.3) is 5.91 Å². The fraction of sp³-hybridized carbons (Fsp3) is 0.545. The first kappa shape index (κ1) is 13.6. The molecule has 0 aliphatic carbocycles. The third-order valence-corrected chi connectivity index (χ3v) is 3.46. The Morgan fingerprint density at radius 3 is 2.65 bits per heavy atom. The van der Waals surface area contributed by atoms with Gasteiger partial charge in [-0.25, -0.2) is 0 Å². The Kier molecular flexibility index (Phi) is 5.09. The van der Waals surface area contributed by atoms with Crippen LogP contribution in [-0.4, -0.2) is 28.8 Å². The molecule has 1 aromatic heterocycles. The van der Waals surface area contributed by atoms with Gasteiger partial charge in [-0.05, 0) is 19.4 Å². The summed E-state index contributed by atoms with van der Waals surface area (Å²) in [4.78, 5) is 24.3. The summed E-state index contributed by atoms with van der Waals surface area (Å²) in [7, 11) is 0. The van der Waals surface area contributed by atoms with Gasteiger partial charge in [0.2, 0.25) is 0 Å². The second kappa shape index (κ2) is 6.34. The highest BCUT2D eigenvalue weighted by atomic mass is 32.1. The zero-order chi connectivity index (χ0) is 12.8. The van der Waals surface area contributed by atoms with Gasteiger partial charge in [0.15, 0.2) is 0 Å². The molecule has 6 heteroatoms. The minimum Gasteiger partial charge on any atom is -0.338 e. The van der Waals surface area contributed by atoms with E-state index in [9.17, 15) is 14.9 Å². The van der Waals surface area contributed by atoms with Gasteiger partial charge < -0.3 is 4.90 Å². The molecule has 0 radical (unpaired) electrons. The number of amides is 1. The molecule has 0 atom stereocenters. The van der Waals surface area contributed by atoms with Gasteiger partial charge in [-0.3, -0.25) is 14.9 Å². The molecular weight excluding hydrogens is 240 g/mol. The summed E-state index contributed by atoms with van der Waals surface area (Å²) in [5, 5.41) is 10.6. The van der Waals surface area contributed by atoms with Gasteiger partial charge in [0, 0.05) is 19.2 Å². The van der Waals surface area contributed by atoms with E-state index in [1.165, 1.54) is 12.1 Å². The van der Waals surface area contributed by atoms with Crippen LogP contribution < -0.4 is 0 Å². The molecule has 0 spiro atoms. The highest BCUT2D eigenvalue weighted by molar-refractivity contribution is 7.17. The SMILES string of the molecule is CCCCN(CC)C(=O)c1ccc([N+](=O)[O-])s1. The van der Waals surface area contributed by atoms with E-state index in [1.807, 2.05) is 6.92 Å². The highest BCUT2D eigenvalue weighted by Crippen LogP contribution is 2.25. The number of nitrogens with zero attached hydrogens (tertiary/aromatic N) is 2. The molecule has 1 heterocycles. The minimum absolute atomic E-state index is 0.0138. The summed E-state index contributed by atoms with van der Waals surface area (Å²) in [5.74, 6) is -0.112. The lowest BCUT2D eigenvalue weighted by atomic mass is 10.3. The van der Waals surface area contributed by atoms with Crippen LogP contribution in [0.5, 0.6) is 0 Å². The predicted octanol–water partition coefficient (Wildman–Crippen LogP) is 2.92. The highest BCUT2D eigenvalue weighted by Gasteiger charge is 2.19. The van der Waals surface area contributed by atoms with Crippen LogP contribution in [-0.2, 0) is 0 Å². The number of hydrogen-bond acceptors (Lipinski definition) is 4. The van der Waals surface area contributed by atoms with Gasteiger partial charge in [0.1, 0.15) is 0 Å². The maximum Gasteiger partial charge on any atom is 0.324 e. The van der Waals surface area contributed by atoms with E-state index in [1.54, 1.807) is 4.90 Å². The lowest BCUT2D eigenvalue weighted by molar-refractivity contribution is -0.380. The van der Waals surface area contributed by atoms with Crippen LogP contribution in [0.2, 0.25) is 0 Å². The van der Waals surface area contributed by atoms with E-state index in [0.29, 0.717) is 18.0 Å². The quantitative estimate of drug-likeness (QED) is 0.580. The van der Waals surface area contributed by atoms with Crippen molar-refractivity contribution in [1.82, 2.24) is 4.90 Å². The Hall–Kier alpha value is -1.43. The molecular formula is C11H16N2O3S. The number of rotatable bonds is 6. The number of unbranched alkanes of at least 4 members (excludes halogenated alkanes) is 1.